The summed E-state index contributed by atoms with van der Waals surface area (Å²) in [5.41, 5.74) is 1.03. The third-order valence-electron chi connectivity index (χ3n) is 3.66. The van der Waals surface area contributed by atoms with Crippen LogP contribution in [0.5, 0.6) is 11.5 Å². The second-order valence-electron chi connectivity index (χ2n) is 5.26. The van der Waals surface area contributed by atoms with Crippen molar-refractivity contribution >= 4 is 5.69 Å². The van der Waals surface area contributed by atoms with Crippen molar-refractivity contribution in [2.75, 3.05) is 18.5 Å². The molecule has 3 nitrogen and oxygen atoms in total. The van der Waals surface area contributed by atoms with E-state index in [-0.39, 0.29) is 0 Å². The fourth-order valence-corrected chi connectivity index (χ4v) is 2.56. The minimum atomic E-state index is 0.416. The van der Waals surface area contributed by atoms with Crippen LogP contribution in [0.1, 0.15) is 19.3 Å². The predicted molar refractivity (Wildman–Crippen MR) is 85.0 cm³/mol. The summed E-state index contributed by atoms with van der Waals surface area (Å²) in [7, 11) is 0. The van der Waals surface area contributed by atoms with Gasteiger partial charge in [0, 0.05) is 13.2 Å². The molecule has 1 fully saturated rings. The van der Waals surface area contributed by atoms with Crippen LogP contribution < -0.4 is 10.1 Å². The Hall–Kier alpha value is -2.00. The zero-order valence-corrected chi connectivity index (χ0v) is 12.1. The third kappa shape index (κ3) is 3.99. The van der Waals surface area contributed by atoms with Crippen LogP contribution in [-0.4, -0.2) is 19.3 Å². The molecular formula is C18H21NO2. The van der Waals surface area contributed by atoms with Gasteiger partial charge in [0.05, 0.1) is 11.8 Å². The minimum absolute atomic E-state index is 0.416. The Balaban J connectivity index is 1.59. The highest BCUT2D eigenvalue weighted by Crippen LogP contribution is 2.29. The standard InChI is InChI=1S/C18H21NO2/c1-2-7-16(8-3-1)21-18-11-5-4-10-17(18)19-13-12-15-9-6-14-20-15/h1-5,7-8,10-11,15,19H,6,9,12-14H2. The lowest BCUT2D eigenvalue weighted by molar-refractivity contribution is 0.107. The summed E-state index contributed by atoms with van der Waals surface area (Å²) in [5.74, 6) is 1.71. The number of rotatable bonds is 6. The van der Waals surface area contributed by atoms with Crippen LogP contribution in [0.4, 0.5) is 5.69 Å². The van der Waals surface area contributed by atoms with Crippen molar-refractivity contribution in [1.82, 2.24) is 0 Å². The molecule has 2 aromatic carbocycles. The predicted octanol–water partition coefficient (Wildman–Crippen LogP) is 4.46. The number of para-hydroxylation sites is 3. The van der Waals surface area contributed by atoms with Crippen molar-refractivity contribution in [2.45, 2.75) is 25.4 Å². The van der Waals surface area contributed by atoms with E-state index < -0.39 is 0 Å². The number of benzene rings is 2. The third-order valence-corrected chi connectivity index (χ3v) is 3.66. The van der Waals surface area contributed by atoms with Crippen molar-refractivity contribution in [3.63, 3.8) is 0 Å². The number of anilines is 1. The van der Waals surface area contributed by atoms with Crippen molar-refractivity contribution in [2.24, 2.45) is 0 Å². The van der Waals surface area contributed by atoms with Crippen molar-refractivity contribution in [3.05, 3.63) is 54.6 Å². The van der Waals surface area contributed by atoms with Gasteiger partial charge in [0.1, 0.15) is 5.75 Å². The van der Waals surface area contributed by atoms with Crippen molar-refractivity contribution in [3.8, 4) is 11.5 Å². The van der Waals surface area contributed by atoms with Crippen LogP contribution in [0, 0.1) is 0 Å². The van der Waals surface area contributed by atoms with Gasteiger partial charge >= 0.3 is 0 Å². The van der Waals surface area contributed by atoms with Gasteiger partial charge in [-0.2, -0.15) is 0 Å². The maximum absolute atomic E-state index is 5.94. The van der Waals surface area contributed by atoms with Gasteiger partial charge in [-0.15, -0.1) is 0 Å². The quantitative estimate of drug-likeness (QED) is 0.849. The first-order valence-corrected chi connectivity index (χ1v) is 7.59. The molecule has 0 radical (unpaired) electrons. The van der Waals surface area contributed by atoms with E-state index in [1.807, 2.05) is 54.6 Å². The zero-order chi connectivity index (χ0) is 14.3. The van der Waals surface area contributed by atoms with E-state index >= 15 is 0 Å². The van der Waals surface area contributed by atoms with Gasteiger partial charge in [-0.05, 0) is 43.5 Å². The van der Waals surface area contributed by atoms with Gasteiger partial charge in [0.2, 0.25) is 0 Å². The van der Waals surface area contributed by atoms with E-state index in [2.05, 4.69) is 5.32 Å². The molecule has 21 heavy (non-hydrogen) atoms. The molecule has 0 aliphatic carbocycles. The molecule has 0 aromatic heterocycles. The lowest BCUT2D eigenvalue weighted by Crippen LogP contribution is -2.12. The molecule has 3 rings (SSSR count). The molecule has 1 unspecified atom stereocenters. The summed E-state index contributed by atoms with van der Waals surface area (Å²) >= 11 is 0. The second kappa shape index (κ2) is 7.14. The molecule has 1 N–H and O–H groups in total. The van der Waals surface area contributed by atoms with Gasteiger partial charge in [-0.1, -0.05) is 30.3 Å². The average molecular weight is 283 g/mol. The molecule has 2 aromatic rings. The molecule has 0 amide bonds. The van der Waals surface area contributed by atoms with Gasteiger partial charge in [0.15, 0.2) is 5.75 Å². The van der Waals surface area contributed by atoms with Crippen LogP contribution in [0.3, 0.4) is 0 Å². The van der Waals surface area contributed by atoms with E-state index in [4.69, 9.17) is 9.47 Å². The van der Waals surface area contributed by atoms with Crippen molar-refractivity contribution in [1.29, 1.82) is 0 Å². The summed E-state index contributed by atoms with van der Waals surface area (Å²) in [4.78, 5) is 0. The summed E-state index contributed by atoms with van der Waals surface area (Å²) in [5, 5.41) is 3.46. The number of ether oxygens (including phenoxy) is 2. The summed E-state index contributed by atoms with van der Waals surface area (Å²) in [6, 6.07) is 17.9. The molecule has 0 saturated carbocycles. The summed E-state index contributed by atoms with van der Waals surface area (Å²) in [6.45, 7) is 1.82. The van der Waals surface area contributed by atoms with Gasteiger partial charge in [0.25, 0.3) is 0 Å². The molecule has 110 valence electrons. The van der Waals surface area contributed by atoms with Crippen LogP contribution in [0.25, 0.3) is 0 Å². The Morgan fingerprint density at radius 3 is 2.67 bits per heavy atom. The minimum Gasteiger partial charge on any atom is -0.455 e. The topological polar surface area (TPSA) is 30.5 Å². The summed E-state index contributed by atoms with van der Waals surface area (Å²) < 4.78 is 11.6. The van der Waals surface area contributed by atoms with E-state index in [1.54, 1.807) is 0 Å². The molecular weight excluding hydrogens is 262 g/mol. The highest BCUT2D eigenvalue weighted by Gasteiger charge is 2.14. The summed E-state index contributed by atoms with van der Waals surface area (Å²) in [6.07, 6.45) is 3.83. The molecule has 1 aliphatic rings. The Labute approximate surface area is 125 Å². The molecule has 0 spiro atoms. The lowest BCUT2D eigenvalue weighted by Gasteiger charge is -2.14. The normalized spacial score (nSPS) is 17.6. The van der Waals surface area contributed by atoms with Crippen LogP contribution in [0.15, 0.2) is 54.6 Å². The van der Waals surface area contributed by atoms with E-state index in [0.29, 0.717) is 6.10 Å². The van der Waals surface area contributed by atoms with Crippen LogP contribution >= 0.6 is 0 Å². The van der Waals surface area contributed by atoms with E-state index in [9.17, 15) is 0 Å². The van der Waals surface area contributed by atoms with E-state index in [1.165, 1.54) is 12.8 Å². The Bertz CT molecular complexity index is 550. The fraction of sp³-hybridized carbons (Fsp3) is 0.333. The SMILES string of the molecule is c1ccc(Oc2ccccc2NCCC2CCCO2)cc1. The number of nitrogens with one attached hydrogen (secondary N) is 1. The smallest absolute Gasteiger partial charge is 0.150 e. The Morgan fingerprint density at radius 2 is 1.86 bits per heavy atom. The van der Waals surface area contributed by atoms with E-state index in [0.717, 1.165) is 36.8 Å². The molecule has 1 atom stereocenters. The first kappa shape index (κ1) is 14.0. The van der Waals surface area contributed by atoms with Gasteiger partial charge < -0.3 is 14.8 Å². The molecule has 0 bridgehead atoms. The maximum Gasteiger partial charge on any atom is 0.150 e. The van der Waals surface area contributed by atoms with Gasteiger partial charge in [-0.25, -0.2) is 0 Å². The fourth-order valence-electron chi connectivity index (χ4n) is 2.56. The molecule has 1 heterocycles. The second-order valence-corrected chi connectivity index (χ2v) is 5.26. The maximum atomic E-state index is 5.94. The van der Waals surface area contributed by atoms with Crippen LogP contribution in [-0.2, 0) is 4.74 Å². The first-order valence-electron chi connectivity index (χ1n) is 7.59. The lowest BCUT2D eigenvalue weighted by atomic mass is 10.2. The van der Waals surface area contributed by atoms with Crippen molar-refractivity contribution < 1.29 is 9.47 Å². The Morgan fingerprint density at radius 1 is 1.05 bits per heavy atom. The number of hydrogen-bond donors (Lipinski definition) is 1. The molecule has 1 aliphatic heterocycles. The monoisotopic (exact) mass is 283 g/mol. The highest BCUT2D eigenvalue weighted by atomic mass is 16.5. The number of hydrogen-bond acceptors (Lipinski definition) is 3. The van der Waals surface area contributed by atoms with Crippen LogP contribution in [0.2, 0.25) is 0 Å². The van der Waals surface area contributed by atoms with Gasteiger partial charge in [-0.3, -0.25) is 0 Å². The average Bonchev–Trinajstić information content (AvgIpc) is 3.03. The highest BCUT2D eigenvalue weighted by molar-refractivity contribution is 5.57. The molecule has 1 saturated heterocycles. The zero-order valence-electron chi connectivity index (χ0n) is 12.1. The molecule has 3 heteroatoms. The first-order chi connectivity index (χ1) is 10.4. The Kier molecular flexibility index (Phi) is 4.74. The largest absolute Gasteiger partial charge is 0.455 e.